The van der Waals surface area contributed by atoms with Crippen LogP contribution in [0.5, 0.6) is 0 Å². The first-order chi connectivity index (χ1) is 31.4. The molecule has 1 aliphatic carbocycles. The predicted molar refractivity (Wildman–Crippen MR) is 288 cm³/mol. The molecule has 0 bridgehead atoms. The average Bonchev–Trinajstić information content (AvgIpc) is 4.17. The molecule has 6 aromatic rings. The zero-order valence-electron chi connectivity index (χ0n) is 38.7. The Morgan fingerprint density at radius 1 is 0.625 bits per heavy atom. The van der Waals surface area contributed by atoms with Gasteiger partial charge in [0.05, 0.1) is 21.5 Å². The highest BCUT2D eigenvalue weighted by molar-refractivity contribution is 7.97. The molecule has 5 nitrogen and oxygen atoms in total. The van der Waals surface area contributed by atoms with E-state index in [4.69, 9.17) is 29.7 Å². The first-order valence-electron chi connectivity index (χ1n) is 24.1. The third kappa shape index (κ3) is 10.1. The Labute approximate surface area is 407 Å². The van der Waals surface area contributed by atoms with Crippen molar-refractivity contribution in [3.63, 3.8) is 0 Å². The smallest absolute Gasteiger partial charge is 0.132 e. The molecule has 338 valence electrons. The van der Waals surface area contributed by atoms with Crippen molar-refractivity contribution >= 4 is 97.1 Å². The van der Waals surface area contributed by atoms with E-state index >= 15 is 0 Å². The molecule has 0 spiro atoms. The van der Waals surface area contributed by atoms with Gasteiger partial charge in [0.25, 0.3) is 0 Å². The number of aliphatic imine (C=N–C) groups is 1. The van der Waals surface area contributed by atoms with Gasteiger partial charge in [0.1, 0.15) is 28.2 Å². The summed E-state index contributed by atoms with van der Waals surface area (Å²) in [5.74, 6) is 0. The molecular weight excluding hydrogens is 899 g/mol. The minimum absolute atomic E-state index is 0.0614. The average molecular weight is 965 g/mol. The van der Waals surface area contributed by atoms with Gasteiger partial charge in [-0.25, -0.2) is 4.40 Å². The van der Waals surface area contributed by atoms with Crippen molar-refractivity contribution in [1.29, 1.82) is 0 Å². The van der Waals surface area contributed by atoms with Crippen LogP contribution in [0.2, 0.25) is 0 Å². The van der Waals surface area contributed by atoms with E-state index in [1.54, 1.807) is 0 Å². The summed E-state index contributed by atoms with van der Waals surface area (Å²) in [7, 11) is 0. The number of rotatable bonds is 25. The SMILES string of the molecule is C=C1C(c2ccc(CCCCCC)s2)=CN=C(c2cc3c(s2)-c2sc(-c4ncc(-c5ccc(CCCCCC)s5)c5nsnc45)cc2C3(CCCCCC)CCCCCC)/C1=N/SC. The van der Waals surface area contributed by atoms with Crippen LogP contribution in [0.4, 0.5) is 0 Å². The van der Waals surface area contributed by atoms with E-state index in [0.717, 1.165) is 70.5 Å². The molecule has 6 aromatic heterocycles. The van der Waals surface area contributed by atoms with Crippen LogP contribution in [0.3, 0.4) is 0 Å². The van der Waals surface area contributed by atoms with Crippen LogP contribution in [0.25, 0.3) is 47.4 Å². The maximum absolute atomic E-state index is 5.28. The lowest BCUT2D eigenvalue weighted by Crippen LogP contribution is -2.25. The number of pyridine rings is 1. The summed E-state index contributed by atoms with van der Waals surface area (Å²) >= 11 is 10.4. The van der Waals surface area contributed by atoms with Crippen molar-refractivity contribution in [2.45, 2.75) is 162 Å². The zero-order valence-corrected chi connectivity index (χ0v) is 43.6. The van der Waals surface area contributed by atoms with Gasteiger partial charge >= 0.3 is 0 Å². The fraction of sp³-hybridized carbons (Fsp3) is 0.491. The first-order valence-corrected chi connectivity index (χ1v) is 29.3. The molecule has 0 unspecified atom stereocenters. The molecule has 0 N–H and O–H groups in total. The summed E-state index contributed by atoms with van der Waals surface area (Å²) in [5, 5.41) is 0. The Morgan fingerprint density at radius 3 is 1.81 bits per heavy atom. The number of thiophene rings is 4. The van der Waals surface area contributed by atoms with Gasteiger partial charge in [-0.2, -0.15) is 8.75 Å². The van der Waals surface area contributed by atoms with Crippen LogP contribution in [-0.2, 0) is 18.3 Å². The molecule has 1 aliphatic heterocycles. The Hall–Kier alpha value is -3.06. The lowest BCUT2D eigenvalue weighted by Gasteiger charge is -2.31. The van der Waals surface area contributed by atoms with Gasteiger partial charge < -0.3 is 0 Å². The van der Waals surface area contributed by atoms with Crippen LogP contribution < -0.4 is 0 Å². The zero-order chi connectivity index (χ0) is 44.5. The Kier molecular flexibility index (Phi) is 16.8. The number of hydrogen-bond donors (Lipinski definition) is 0. The quantitative estimate of drug-likeness (QED) is 0.0424. The largest absolute Gasteiger partial charge is 0.252 e. The van der Waals surface area contributed by atoms with Crippen molar-refractivity contribution in [1.82, 2.24) is 13.7 Å². The first kappa shape index (κ1) is 47.4. The third-order valence-corrected chi connectivity index (χ3v) is 18.8. The number of unbranched alkanes of at least 4 members (excludes halogenated alkanes) is 12. The van der Waals surface area contributed by atoms with Gasteiger partial charge in [-0.05, 0) is 98.0 Å². The highest BCUT2D eigenvalue weighted by Crippen LogP contribution is 2.61. The Morgan fingerprint density at radius 2 is 1.19 bits per heavy atom. The molecule has 64 heavy (non-hydrogen) atoms. The third-order valence-electron chi connectivity index (χ3n) is 13.1. The highest BCUT2D eigenvalue weighted by atomic mass is 32.2. The summed E-state index contributed by atoms with van der Waals surface area (Å²) in [6.07, 6.45) is 31.0. The molecule has 0 amide bonds. The van der Waals surface area contributed by atoms with Gasteiger partial charge in [0.15, 0.2) is 0 Å². The second-order valence-corrected chi connectivity index (χ2v) is 23.2. The topological polar surface area (TPSA) is 63.4 Å². The summed E-state index contributed by atoms with van der Waals surface area (Å²) in [6.45, 7) is 13.9. The van der Waals surface area contributed by atoms with Crippen LogP contribution in [-0.4, -0.2) is 31.4 Å². The fourth-order valence-corrected chi connectivity index (χ4v) is 15.4. The maximum Gasteiger partial charge on any atom is 0.132 e. The number of aryl methyl sites for hydroxylation is 2. The monoisotopic (exact) mass is 963 g/mol. The van der Waals surface area contributed by atoms with Gasteiger partial charge in [-0.1, -0.05) is 124 Å². The van der Waals surface area contributed by atoms with Gasteiger partial charge in [-0.15, -0.1) is 45.3 Å². The van der Waals surface area contributed by atoms with Crippen molar-refractivity contribution in [2.75, 3.05) is 6.26 Å². The maximum atomic E-state index is 5.28. The lowest BCUT2D eigenvalue weighted by molar-refractivity contribution is 0.402. The second-order valence-electron chi connectivity index (χ2n) is 17.7. The van der Waals surface area contributed by atoms with E-state index in [9.17, 15) is 0 Å². The molecule has 0 saturated carbocycles. The second kappa shape index (κ2) is 22.6. The minimum atomic E-state index is -0.0614. The lowest BCUT2D eigenvalue weighted by atomic mass is 9.71. The summed E-state index contributed by atoms with van der Waals surface area (Å²) in [6, 6.07) is 14.2. The molecule has 7 heterocycles. The molecule has 11 heteroatoms. The molecule has 0 aromatic carbocycles. The van der Waals surface area contributed by atoms with E-state index in [0.29, 0.717) is 0 Å². The predicted octanol–water partition coefficient (Wildman–Crippen LogP) is 18.2. The highest BCUT2D eigenvalue weighted by Gasteiger charge is 2.46. The fourth-order valence-electron chi connectivity index (χ4n) is 9.60. The molecule has 8 rings (SSSR count). The minimum Gasteiger partial charge on any atom is -0.252 e. The molecule has 0 saturated heterocycles. The normalized spacial score (nSPS) is 15.1. The van der Waals surface area contributed by atoms with E-state index in [-0.39, 0.29) is 5.41 Å². The van der Waals surface area contributed by atoms with Crippen LogP contribution in [0.15, 0.2) is 70.3 Å². The number of fused-ring (bicyclic) bond motifs is 4. The van der Waals surface area contributed by atoms with Gasteiger partial charge in [0, 0.05) is 70.0 Å². The van der Waals surface area contributed by atoms with E-state index < -0.39 is 0 Å². The van der Waals surface area contributed by atoms with Crippen LogP contribution in [0, 0.1) is 0 Å². The Bertz CT molecular complexity index is 2600. The molecule has 2 aliphatic rings. The van der Waals surface area contributed by atoms with Gasteiger partial charge in [-0.3, -0.25) is 9.98 Å². The molecule has 0 fully saturated rings. The molecule has 0 atom stereocenters. The molecular formula is C53H65N5S6. The summed E-state index contributed by atoms with van der Waals surface area (Å²) in [5.41, 5.74) is 10.8. The summed E-state index contributed by atoms with van der Waals surface area (Å²) < 4.78 is 14.9. The van der Waals surface area contributed by atoms with E-state index in [2.05, 4.69) is 76.5 Å². The number of aromatic nitrogens is 3. The van der Waals surface area contributed by atoms with Crippen LogP contribution in [0.1, 0.15) is 174 Å². The summed E-state index contributed by atoms with van der Waals surface area (Å²) in [4.78, 5) is 21.1. The van der Waals surface area contributed by atoms with Crippen molar-refractivity contribution < 1.29 is 0 Å². The standard InChI is InChI=1S/C53H65N5S6/c1-7-11-15-19-23-36-25-27-42(60-36)38-33-54-48(46(35(38)5)56-59-6)44-31-40-51(62-44)52-41(53(40,29-21-17-13-9-3)30-22-18-14-10-4)32-45(63-52)49-50-47(57-64-58-50)39(34-55-49)43-28-26-37(61-43)24-20-16-12-8-2/h25-28,31-34H,5,7-24,29-30H2,1-4,6H3/b56-46+. The van der Waals surface area contributed by atoms with Crippen molar-refractivity contribution in [2.24, 2.45) is 9.39 Å². The van der Waals surface area contributed by atoms with E-state index in [1.807, 2.05) is 51.6 Å². The number of hydrogen-bond acceptors (Lipinski definition) is 11. The van der Waals surface area contributed by atoms with E-state index in [1.165, 1.54) is 177 Å². The van der Waals surface area contributed by atoms with Crippen LogP contribution >= 0.6 is 69.0 Å². The van der Waals surface area contributed by atoms with Crippen molar-refractivity contribution in [3.05, 3.63) is 91.6 Å². The Balaban J connectivity index is 1.18. The molecule has 0 radical (unpaired) electrons. The number of allylic oxidation sites excluding steroid dienone is 2. The van der Waals surface area contributed by atoms with Crippen molar-refractivity contribution in [3.8, 4) is 30.8 Å². The number of nitrogens with zero attached hydrogens (tertiary/aromatic N) is 5. The van der Waals surface area contributed by atoms with Gasteiger partial charge in [0.2, 0.25) is 0 Å².